The Bertz CT molecular complexity index is 929. The summed E-state index contributed by atoms with van der Waals surface area (Å²) in [5, 5.41) is 0.489. The summed E-state index contributed by atoms with van der Waals surface area (Å²) >= 11 is 1.25. The Hall–Kier alpha value is -2.56. The van der Waals surface area contributed by atoms with Gasteiger partial charge in [-0.3, -0.25) is 18.2 Å². The molecule has 1 rings (SSSR count). The van der Waals surface area contributed by atoms with Gasteiger partial charge < -0.3 is 23.7 Å². The highest BCUT2D eigenvalue weighted by atomic mass is 32.2. The first-order valence-electron chi connectivity index (χ1n) is 10.3. The van der Waals surface area contributed by atoms with Gasteiger partial charge in [-0.05, 0) is 33.8 Å². The Morgan fingerprint density at radius 1 is 1.11 bits per heavy atom. The van der Waals surface area contributed by atoms with Crippen molar-refractivity contribution in [3.05, 3.63) is 22.7 Å². The summed E-state index contributed by atoms with van der Waals surface area (Å²) in [5.41, 5.74) is -0.513. The Morgan fingerprint density at radius 2 is 1.69 bits per heavy atom. The lowest BCUT2D eigenvalue weighted by Crippen LogP contribution is -2.24. The summed E-state index contributed by atoms with van der Waals surface area (Å²) in [6.45, 7) is 4.92. The molecule has 1 heterocycles. The van der Waals surface area contributed by atoms with E-state index >= 15 is 0 Å². The summed E-state index contributed by atoms with van der Waals surface area (Å²) in [5.74, 6) is 2.82. The Labute approximate surface area is 207 Å². The van der Waals surface area contributed by atoms with E-state index in [9.17, 15) is 18.9 Å². The maximum Gasteiger partial charge on any atom is 0.510 e. The van der Waals surface area contributed by atoms with Crippen molar-refractivity contribution in [1.29, 1.82) is 0 Å². The van der Waals surface area contributed by atoms with Crippen molar-refractivity contribution in [3.8, 4) is 12.3 Å². The van der Waals surface area contributed by atoms with Crippen LogP contribution in [0.4, 0.5) is 9.59 Å². The van der Waals surface area contributed by atoms with Crippen LogP contribution in [0.25, 0.3) is 0 Å². The quantitative estimate of drug-likeness (QED) is 0.0614. The first-order chi connectivity index (χ1) is 16.5. The SMILES string of the molecule is C#CCSc1ccn(CCOCP(=O)(OCOC(=O)OC(C)C)OCOC(=O)OC(C)C)c(=O)n1. The monoisotopic (exact) mass is 536 g/mol. The molecule has 1 aromatic heterocycles. The van der Waals surface area contributed by atoms with Crippen molar-refractivity contribution in [2.24, 2.45) is 0 Å². The Morgan fingerprint density at radius 3 is 2.17 bits per heavy atom. The number of carbonyl (C=O) groups excluding carboxylic acids is 2. The predicted octanol–water partition coefficient (Wildman–Crippen LogP) is 3.21. The van der Waals surface area contributed by atoms with E-state index in [2.05, 4.69) is 20.4 Å². The molecule has 1 aromatic rings. The minimum absolute atomic E-state index is 0.0678. The number of thioether (sulfide) groups is 1. The highest BCUT2D eigenvalue weighted by Crippen LogP contribution is 2.48. The third kappa shape index (κ3) is 13.8. The fourth-order valence-corrected chi connectivity index (χ4v) is 3.53. The van der Waals surface area contributed by atoms with Crippen LogP contribution >= 0.6 is 19.4 Å². The van der Waals surface area contributed by atoms with Crippen LogP contribution in [-0.4, -0.2) is 66.4 Å². The van der Waals surface area contributed by atoms with Gasteiger partial charge in [0.1, 0.15) is 11.4 Å². The largest absolute Gasteiger partial charge is 0.510 e. The van der Waals surface area contributed by atoms with Gasteiger partial charge in [0.15, 0.2) is 0 Å². The normalized spacial score (nSPS) is 11.2. The molecule has 0 N–H and O–H groups in total. The zero-order valence-electron chi connectivity index (χ0n) is 19.9. The van der Waals surface area contributed by atoms with E-state index in [1.807, 2.05) is 0 Å². The summed E-state index contributed by atoms with van der Waals surface area (Å²) in [6.07, 6.45) is 3.16. The van der Waals surface area contributed by atoms with Crippen LogP contribution < -0.4 is 5.69 Å². The second-order valence-corrected chi connectivity index (χ2v) is 9.99. The van der Waals surface area contributed by atoms with Crippen molar-refractivity contribution in [2.45, 2.75) is 51.5 Å². The maximum absolute atomic E-state index is 12.9. The Balaban J connectivity index is 2.62. The number of nitrogens with zero attached hydrogens (tertiary/aromatic N) is 2. The van der Waals surface area contributed by atoms with Crippen molar-refractivity contribution in [2.75, 3.05) is 32.3 Å². The van der Waals surface area contributed by atoms with E-state index in [-0.39, 0.29) is 13.2 Å². The van der Waals surface area contributed by atoms with Crippen molar-refractivity contribution >= 4 is 31.7 Å². The van der Waals surface area contributed by atoms with E-state index in [0.29, 0.717) is 10.8 Å². The lowest BCUT2D eigenvalue weighted by molar-refractivity contribution is -0.0344. The second-order valence-electron chi connectivity index (χ2n) is 7.00. The number of terminal acetylenes is 1. The van der Waals surface area contributed by atoms with Crippen molar-refractivity contribution in [3.63, 3.8) is 0 Å². The van der Waals surface area contributed by atoms with Crippen LogP contribution in [0.1, 0.15) is 27.7 Å². The third-order valence-corrected chi connectivity index (χ3v) is 5.72. The van der Waals surface area contributed by atoms with E-state index < -0.39 is 57.7 Å². The fourth-order valence-electron chi connectivity index (χ4n) is 1.99. The van der Waals surface area contributed by atoms with Gasteiger partial charge in [0.25, 0.3) is 0 Å². The molecular formula is C20H29N2O11PS. The smallest absolute Gasteiger partial charge is 0.432 e. The summed E-state index contributed by atoms with van der Waals surface area (Å²) < 4.78 is 48.4. The van der Waals surface area contributed by atoms with E-state index in [1.54, 1.807) is 33.8 Å². The molecule has 0 saturated carbocycles. The molecule has 196 valence electrons. The molecule has 13 nitrogen and oxygen atoms in total. The first-order valence-corrected chi connectivity index (χ1v) is 13.0. The molecule has 0 unspecified atom stereocenters. The lowest BCUT2D eigenvalue weighted by Gasteiger charge is -2.19. The summed E-state index contributed by atoms with van der Waals surface area (Å²) in [6, 6.07) is 1.63. The zero-order chi connectivity index (χ0) is 26.3. The molecular weight excluding hydrogens is 507 g/mol. The fraction of sp³-hybridized carbons (Fsp3) is 0.600. The molecule has 0 saturated heterocycles. The number of carbonyl (C=O) groups is 2. The minimum atomic E-state index is -4.07. The molecule has 35 heavy (non-hydrogen) atoms. The van der Waals surface area contributed by atoms with Crippen molar-refractivity contribution < 1.29 is 46.9 Å². The molecule has 0 aromatic carbocycles. The molecule has 15 heteroatoms. The van der Waals surface area contributed by atoms with E-state index in [0.717, 1.165) is 0 Å². The average Bonchev–Trinajstić information content (AvgIpc) is 2.75. The van der Waals surface area contributed by atoms with Crippen LogP contribution in [0, 0.1) is 12.3 Å². The highest BCUT2D eigenvalue weighted by Gasteiger charge is 2.27. The number of hydrogen-bond donors (Lipinski definition) is 0. The minimum Gasteiger partial charge on any atom is -0.432 e. The van der Waals surface area contributed by atoms with Gasteiger partial charge >= 0.3 is 25.6 Å². The molecule has 0 amide bonds. The standard InChI is InChI=1S/C20H29N2O11PS/c1-6-11-35-17-7-8-22(18(23)21-17)9-10-27-14-34(26,30-12-28-19(24)32-15(2)3)31-13-29-20(25)33-16(4)5/h1,7-8,15-16H,9-14H2,2-5H3. The van der Waals surface area contributed by atoms with E-state index in [4.69, 9.17) is 29.7 Å². The number of aromatic nitrogens is 2. The molecule has 0 atom stereocenters. The van der Waals surface area contributed by atoms with Crippen molar-refractivity contribution in [1.82, 2.24) is 9.55 Å². The van der Waals surface area contributed by atoms with Gasteiger partial charge in [-0.1, -0.05) is 17.7 Å². The molecule has 0 aliphatic carbocycles. The van der Waals surface area contributed by atoms with Crippen LogP contribution in [0.2, 0.25) is 0 Å². The topological polar surface area (TPSA) is 151 Å². The van der Waals surface area contributed by atoms with E-state index in [1.165, 1.54) is 22.5 Å². The van der Waals surface area contributed by atoms with Gasteiger partial charge in [0, 0.05) is 6.20 Å². The number of hydrogen-bond acceptors (Lipinski definition) is 13. The first kappa shape index (κ1) is 30.5. The molecule has 0 fully saturated rings. The van der Waals surface area contributed by atoms with Crippen LogP contribution in [0.15, 0.2) is 22.1 Å². The molecule has 0 bridgehead atoms. The van der Waals surface area contributed by atoms with Crippen LogP contribution in [0.3, 0.4) is 0 Å². The highest BCUT2D eigenvalue weighted by molar-refractivity contribution is 7.99. The van der Waals surface area contributed by atoms with Crippen LogP contribution in [0.5, 0.6) is 0 Å². The number of ether oxygens (including phenoxy) is 5. The molecule has 0 aliphatic heterocycles. The van der Waals surface area contributed by atoms with Gasteiger partial charge in [-0.15, -0.1) is 6.42 Å². The second kappa shape index (κ2) is 16.2. The number of rotatable bonds is 15. The lowest BCUT2D eigenvalue weighted by atomic mass is 10.5. The van der Waals surface area contributed by atoms with Gasteiger partial charge in [0.2, 0.25) is 13.6 Å². The summed E-state index contributed by atoms with van der Waals surface area (Å²) in [7, 11) is -4.07. The maximum atomic E-state index is 12.9. The predicted molar refractivity (Wildman–Crippen MR) is 124 cm³/mol. The Kier molecular flexibility index (Phi) is 14.1. The third-order valence-electron chi connectivity index (χ3n) is 3.39. The zero-order valence-corrected chi connectivity index (χ0v) is 21.6. The average molecular weight is 536 g/mol. The summed E-state index contributed by atoms with van der Waals surface area (Å²) in [4.78, 5) is 38.9. The molecule has 0 radical (unpaired) electrons. The van der Waals surface area contributed by atoms with Gasteiger partial charge in [-0.2, -0.15) is 4.98 Å². The van der Waals surface area contributed by atoms with Gasteiger partial charge in [0.05, 0.1) is 31.1 Å². The molecule has 0 aliphatic rings. The molecule has 0 spiro atoms. The van der Waals surface area contributed by atoms with Gasteiger partial charge in [-0.25, -0.2) is 14.4 Å². The van der Waals surface area contributed by atoms with Crippen LogP contribution in [-0.2, 0) is 43.8 Å².